The van der Waals surface area contributed by atoms with Gasteiger partial charge in [0.15, 0.2) is 0 Å². The fourth-order valence-electron chi connectivity index (χ4n) is 3.97. The number of halogens is 1. The van der Waals surface area contributed by atoms with Gasteiger partial charge < -0.3 is 19.5 Å². The predicted molar refractivity (Wildman–Crippen MR) is 159 cm³/mol. The number of benzene rings is 4. The van der Waals surface area contributed by atoms with Crippen molar-refractivity contribution < 1.29 is 28.3 Å². The monoisotopic (exact) mass is 592 g/mol. The number of rotatable bonds is 14. The first kappa shape index (κ1) is 29.9. The van der Waals surface area contributed by atoms with E-state index in [2.05, 4.69) is 10.6 Å². The lowest BCUT2D eigenvalue weighted by molar-refractivity contribution is -0.137. The molecular formula is C31H30ClN2O6P. The number of hydrogen-bond donors (Lipinski definition) is 3. The van der Waals surface area contributed by atoms with Gasteiger partial charge in [0.25, 0.3) is 0 Å². The van der Waals surface area contributed by atoms with Gasteiger partial charge in [-0.1, -0.05) is 84.4 Å². The number of aliphatic carboxylic acids is 1. The molecular weight excluding hydrogens is 563 g/mol. The molecule has 41 heavy (non-hydrogen) atoms. The van der Waals surface area contributed by atoms with Crippen LogP contribution in [0.4, 0.5) is 0 Å². The molecule has 0 aliphatic heterocycles. The summed E-state index contributed by atoms with van der Waals surface area (Å²) in [5, 5.41) is 15.3. The van der Waals surface area contributed by atoms with Crippen molar-refractivity contribution in [2.24, 2.45) is 0 Å². The summed E-state index contributed by atoms with van der Waals surface area (Å²) in [5.74, 6) is -0.744. The zero-order chi connectivity index (χ0) is 29.1. The highest BCUT2D eigenvalue weighted by Gasteiger charge is 2.31. The van der Waals surface area contributed by atoms with Crippen molar-refractivity contribution >= 4 is 31.1 Å². The van der Waals surface area contributed by atoms with Crippen LogP contribution in [0.5, 0.6) is 11.5 Å². The van der Waals surface area contributed by atoms with Gasteiger partial charge in [-0.3, -0.25) is 14.9 Å². The minimum absolute atomic E-state index is 0.0411. The highest BCUT2D eigenvalue weighted by Crippen LogP contribution is 2.47. The van der Waals surface area contributed by atoms with E-state index in [0.29, 0.717) is 16.5 Å². The second kappa shape index (κ2) is 14.5. The van der Waals surface area contributed by atoms with E-state index in [9.17, 15) is 14.2 Å². The normalized spacial score (nSPS) is 11.8. The summed E-state index contributed by atoms with van der Waals surface area (Å²) < 4.78 is 25.6. The van der Waals surface area contributed by atoms with Crippen molar-refractivity contribution in [3.63, 3.8) is 0 Å². The minimum Gasteiger partial charge on any atom is -0.481 e. The average molecular weight is 593 g/mol. The van der Waals surface area contributed by atoms with Crippen molar-refractivity contribution in [2.45, 2.75) is 18.9 Å². The lowest BCUT2D eigenvalue weighted by Gasteiger charge is -2.24. The molecule has 1 atom stereocenters. The van der Waals surface area contributed by atoms with Crippen LogP contribution < -0.4 is 19.7 Å². The molecule has 0 unspecified atom stereocenters. The van der Waals surface area contributed by atoms with E-state index >= 15 is 0 Å². The smallest absolute Gasteiger partial charge is 0.444 e. The molecule has 4 aromatic rings. The number of hydrogen-bond acceptors (Lipinski definition) is 6. The molecule has 0 saturated carbocycles. The molecule has 10 heteroatoms. The van der Waals surface area contributed by atoms with Crippen molar-refractivity contribution in [3.05, 3.63) is 120 Å². The second-order valence-electron chi connectivity index (χ2n) is 9.18. The van der Waals surface area contributed by atoms with E-state index in [1.165, 1.54) is 0 Å². The van der Waals surface area contributed by atoms with Crippen LogP contribution in [0.1, 0.15) is 12.0 Å². The van der Waals surface area contributed by atoms with Crippen molar-refractivity contribution in [1.82, 2.24) is 10.6 Å². The maximum atomic E-state index is 13.9. The minimum atomic E-state index is -3.85. The highest BCUT2D eigenvalue weighted by molar-refractivity contribution is 7.54. The maximum Gasteiger partial charge on any atom is 0.444 e. The van der Waals surface area contributed by atoms with Crippen LogP contribution in [0.15, 0.2) is 109 Å². The number of carboxylic acids is 1. The molecule has 0 aliphatic rings. The Morgan fingerprint density at radius 1 is 0.780 bits per heavy atom. The number of para-hydroxylation sites is 2. The second-order valence-corrected chi connectivity index (χ2v) is 11.5. The number of amides is 1. The van der Waals surface area contributed by atoms with Gasteiger partial charge in [0.2, 0.25) is 5.91 Å². The van der Waals surface area contributed by atoms with Gasteiger partial charge in [-0.15, -0.1) is 0 Å². The molecule has 3 N–H and O–H groups in total. The molecule has 212 valence electrons. The molecule has 1 amide bonds. The Kier molecular flexibility index (Phi) is 10.6. The summed E-state index contributed by atoms with van der Waals surface area (Å²) in [7, 11) is -3.85. The molecule has 0 fully saturated rings. The van der Waals surface area contributed by atoms with E-state index in [0.717, 1.165) is 16.7 Å². The van der Waals surface area contributed by atoms with E-state index in [1.54, 1.807) is 48.5 Å². The van der Waals surface area contributed by atoms with E-state index in [4.69, 9.17) is 25.8 Å². The van der Waals surface area contributed by atoms with Crippen LogP contribution in [0.3, 0.4) is 0 Å². The summed E-state index contributed by atoms with van der Waals surface area (Å²) >= 11 is 6.00. The number of carboxylic acid groups (broad SMARTS) is 1. The third-order valence-corrected chi connectivity index (χ3v) is 7.83. The van der Waals surface area contributed by atoms with Crippen LogP contribution >= 0.6 is 19.2 Å². The zero-order valence-electron chi connectivity index (χ0n) is 22.1. The quantitative estimate of drug-likeness (QED) is 0.145. The molecule has 0 heterocycles. The first-order valence-corrected chi connectivity index (χ1v) is 15.1. The fourth-order valence-corrected chi connectivity index (χ4v) is 5.60. The van der Waals surface area contributed by atoms with Crippen LogP contribution in [-0.2, 0) is 20.6 Å². The summed E-state index contributed by atoms with van der Waals surface area (Å²) in [6.07, 6.45) is -0.256. The fraction of sp³-hybridized carbons (Fsp3) is 0.161. The van der Waals surface area contributed by atoms with Gasteiger partial charge in [0, 0.05) is 11.6 Å². The molecule has 8 nitrogen and oxygen atoms in total. The SMILES string of the molecule is O=C(O)CCNC(=O)[C@H](Cc1ccc(-c2ccc(Cl)cc2)cc1)NCP(=O)(Oc1ccccc1)Oc1ccccc1. The van der Waals surface area contributed by atoms with Gasteiger partial charge in [0.1, 0.15) is 17.8 Å². The summed E-state index contributed by atoms with van der Waals surface area (Å²) in [6.45, 7) is -0.0411. The van der Waals surface area contributed by atoms with Crippen LogP contribution in [0.25, 0.3) is 11.1 Å². The van der Waals surface area contributed by atoms with Crippen molar-refractivity contribution in [2.75, 3.05) is 12.8 Å². The summed E-state index contributed by atoms with van der Waals surface area (Å²) in [5.41, 5.74) is 2.83. The maximum absolute atomic E-state index is 13.9. The zero-order valence-corrected chi connectivity index (χ0v) is 23.8. The third kappa shape index (κ3) is 9.50. The Bertz CT molecular complexity index is 1420. The molecule has 0 aliphatic carbocycles. The first-order chi connectivity index (χ1) is 19.8. The van der Waals surface area contributed by atoms with Crippen LogP contribution in [0.2, 0.25) is 5.02 Å². The molecule has 4 aromatic carbocycles. The molecule has 0 saturated heterocycles. The van der Waals surface area contributed by atoms with Gasteiger partial charge in [-0.25, -0.2) is 4.57 Å². The van der Waals surface area contributed by atoms with E-state index in [1.807, 2.05) is 60.7 Å². The van der Waals surface area contributed by atoms with Gasteiger partial charge in [-0.2, -0.15) is 0 Å². The van der Waals surface area contributed by atoms with E-state index < -0.39 is 25.5 Å². The molecule has 0 bridgehead atoms. The molecule has 0 radical (unpaired) electrons. The molecule has 0 spiro atoms. The van der Waals surface area contributed by atoms with Gasteiger partial charge in [-0.05, 0) is 59.5 Å². The predicted octanol–water partition coefficient (Wildman–Crippen LogP) is 6.41. The van der Waals surface area contributed by atoms with Crippen LogP contribution in [0, 0.1) is 0 Å². The van der Waals surface area contributed by atoms with Crippen LogP contribution in [-0.4, -0.2) is 35.9 Å². The first-order valence-electron chi connectivity index (χ1n) is 13.0. The van der Waals surface area contributed by atoms with Crippen molar-refractivity contribution in [1.29, 1.82) is 0 Å². The molecule has 0 aromatic heterocycles. The summed E-state index contributed by atoms with van der Waals surface area (Å²) in [6, 6.07) is 31.6. The third-order valence-electron chi connectivity index (χ3n) is 6.03. The number of carbonyl (C=O) groups is 2. The standard InChI is InChI=1S/C31H30ClN2O6P/c32-26-17-15-25(16-18-26)24-13-11-23(12-14-24)21-29(31(37)33-20-19-30(35)36)34-22-41(38,39-27-7-3-1-4-8-27)40-28-9-5-2-6-10-28/h1-18,29,34H,19-22H2,(H,33,37)(H,35,36)/t29-/m0/s1. The Morgan fingerprint density at radius 3 is 1.80 bits per heavy atom. The Labute approximate surface area is 243 Å². The Hall–Kier alpha value is -4.10. The number of carbonyl (C=O) groups excluding carboxylic acids is 1. The Morgan fingerprint density at radius 2 is 1.29 bits per heavy atom. The highest BCUT2D eigenvalue weighted by atomic mass is 35.5. The lowest BCUT2D eigenvalue weighted by atomic mass is 10.0. The average Bonchev–Trinajstić information content (AvgIpc) is 2.97. The summed E-state index contributed by atoms with van der Waals surface area (Å²) in [4.78, 5) is 24.1. The van der Waals surface area contributed by atoms with E-state index in [-0.39, 0.29) is 25.7 Å². The topological polar surface area (TPSA) is 114 Å². The van der Waals surface area contributed by atoms with Crippen molar-refractivity contribution in [3.8, 4) is 22.6 Å². The number of nitrogens with one attached hydrogen (secondary N) is 2. The van der Waals surface area contributed by atoms with Gasteiger partial charge >= 0.3 is 13.6 Å². The van der Waals surface area contributed by atoms with Gasteiger partial charge in [0.05, 0.1) is 12.5 Å². The molecule has 4 rings (SSSR count). The Balaban J connectivity index is 1.52. The largest absolute Gasteiger partial charge is 0.481 e. The lowest BCUT2D eigenvalue weighted by Crippen LogP contribution is -2.46.